The summed E-state index contributed by atoms with van der Waals surface area (Å²) in [5.41, 5.74) is 1.46. The molecule has 0 bridgehead atoms. The molecule has 1 saturated carbocycles. The van der Waals surface area contributed by atoms with Crippen molar-refractivity contribution in [3.8, 4) is 24.1 Å². The number of rotatable bonds is 5. The summed E-state index contributed by atoms with van der Waals surface area (Å²) in [5.74, 6) is 0.493. The van der Waals surface area contributed by atoms with Crippen LogP contribution in [-0.4, -0.2) is 40.5 Å². The van der Waals surface area contributed by atoms with E-state index in [0.717, 1.165) is 36.8 Å². The van der Waals surface area contributed by atoms with E-state index < -0.39 is 16.6 Å². The van der Waals surface area contributed by atoms with E-state index in [9.17, 15) is 20.3 Å². The van der Waals surface area contributed by atoms with Gasteiger partial charge < -0.3 is 14.2 Å². The Morgan fingerprint density at radius 1 is 1.23 bits per heavy atom. The molecular weight excluding hydrogens is 432 g/mol. The van der Waals surface area contributed by atoms with Crippen molar-refractivity contribution in [3.05, 3.63) is 26.9 Å². The Kier molecular flexibility index (Phi) is 4.60. The number of hydrogen-bond acceptors (Lipinski definition) is 9. The lowest BCUT2D eigenvalue weighted by Gasteiger charge is -2.49. The quantitative estimate of drug-likeness (QED) is 0.501. The van der Waals surface area contributed by atoms with Crippen LogP contribution in [0, 0.1) is 39.4 Å². The maximum atomic E-state index is 12.2. The first kappa shape index (κ1) is 20.1. The summed E-state index contributed by atoms with van der Waals surface area (Å²) in [5, 5.41) is 30.7. The van der Waals surface area contributed by atoms with Gasteiger partial charge in [0.1, 0.15) is 25.0 Å². The van der Waals surface area contributed by atoms with E-state index in [1.807, 2.05) is 10.3 Å². The number of nitrogens with zero attached hydrogens (tertiary/aromatic N) is 6. The summed E-state index contributed by atoms with van der Waals surface area (Å²) in [7, 11) is 0. The van der Waals surface area contributed by atoms with Gasteiger partial charge in [-0.3, -0.25) is 0 Å². The minimum Gasteiger partial charge on any atom is -0.609 e. The van der Waals surface area contributed by atoms with Gasteiger partial charge >= 0.3 is 5.16 Å². The SMILES string of the molecule is C[S+]([O-])c1nc(OCC2(C#N)CC2)c(C#N)c(N2CC3(CCc4scc(C#N)c43)C2)n1. The number of aryl methyl sites for hydroxylation is 1. The molecule has 0 amide bonds. The number of anilines is 1. The van der Waals surface area contributed by atoms with Crippen molar-refractivity contribution in [2.45, 2.75) is 36.3 Å². The van der Waals surface area contributed by atoms with Gasteiger partial charge in [-0.05, 0) is 31.2 Å². The Labute approximate surface area is 186 Å². The van der Waals surface area contributed by atoms with Crippen LogP contribution >= 0.6 is 11.3 Å². The first-order valence-corrected chi connectivity index (χ1v) is 12.3. The average Bonchev–Trinajstić information content (AvgIpc) is 3.25. The predicted molar refractivity (Wildman–Crippen MR) is 113 cm³/mol. The molecule has 1 spiro atoms. The van der Waals surface area contributed by atoms with Gasteiger partial charge in [-0.1, -0.05) is 0 Å². The number of hydrogen-bond donors (Lipinski definition) is 0. The van der Waals surface area contributed by atoms with E-state index in [0.29, 0.717) is 18.9 Å². The van der Waals surface area contributed by atoms with Crippen molar-refractivity contribution < 1.29 is 9.29 Å². The molecule has 2 aromatic heterocycles. The molecule has 1 saturated heterocycles. The van der Waals surface area contributed by atoms with E-state index in [4.69, 9.17) is 4.74 Å². The second kappa shape index (κ2) is 7.10. The molecule has 3 aliphatic rings. The highest BCUT2D eigenvalue weighted by Gasteiger charge is 2.52. The molecule has 1 atom stereocenters. The van der Waals surface area contributed by atoms with Crippen LogP contribution < -0.4 is 9.64 Å². The Bertz CT molecular complexity index is 1190. The Balaban J connectivity index is 1.46. The van der Waals surface area contributed by atoms with Crippen LogP contribution in [0.1, 0.15) is 40.8 Å². The van der Waals surface area contributed by atoms with Crippen LogP contribution in [0.25, 0.3) is 0 Å². The Hall–Kier alpha value is -2.84. The third-order valence-electron chi connectivity index (χ3n) is 6.42. The molecule has 10 heteroatoms. The van der Waals surface area contributed by atoms with E-state index in [2.05, 4.69) is 28.2 Å². The summed E-state index contributed by atoms with van der Waals surface area (Å²) < 4.78 is 17.9. The third-order valence-corrected chi connectivity index (χ3v) is 8.16. The van der Waals surface area contributed by atoms with Gasteiger partial charge in [0.05, 0.1) is 17.0 Å². The van der Waals surface area contributed by atoms with Gasteiger partial charge in [0.25, 0.3) is 0 Å². The fourth-order valence-electron chi connectivity index (χ4n) is 4.49. The number of thiophene rings is 1. The van der Waals surface area contributed by atoms with Crippen molar-refractivity contribution in [1.82, 2.24) is 9.97 Å². The molecule has 1 unspecified atom stereocenters. The molecule has 2 aromatic rings. The predicted octanol–water partition coefficient (Wildman–Crippen LogP) is 2.41. The number of fused-ring (bicyclic) bond motifs is 2. The smallest absolute Gasteiger partial charge is 0.347 e. The lowest BCUT2D eigenvalue weighted by atomic mass is 9.74. The van der Waals surface area contributed by atoms with Crippen LogP contribution in [0.4, 0.5) is 5.82 Å². The zero-order valence-corrected chi connectivity index (χ0v) is 18.5. The van der Waals surface area contributed by atoms with Crippen molar-refractivity contribution in [2.75, 3.05) is 30.9 Å². The summed E-state index contributed by atoms with van der Waals surface area (Å²) in [6.45, 7) is 1.42. The largest absolute Gasteiger partial charge is 0.609 e. The molecule has 5 rings (SSSR count). The highest BCUT2D eigenvalue weighted by molar-refractivity contribution is 7.90. The second-order valence-electron chi connectivity index (χ2n) is 8.45. The molecule has 0 aromatic carbocycles. The molecule has 3 heterocycles. The Morgan fingerprint density at radius 2 is 2.00 bits per heavy atom. The number of ether oxygens (including phenoxy) is 1. The van der Waals surface area contributed by atoms with Crippen molar-refractivity contribution in [3.63, 3.8) is 0 Å². The molecular formula is C21H18N6O2S2. The molecule has 31 heavy (non-hydrogen) atoms. The fraction of sp³-hybridized carbons (Fsp3) is 0.476. The number of aromatic nitrogens is 2. The minimum atomic E-state index is -1.46. The van der Waals surface area contributed by atoms with Gasteiger partial charge in [-0.25, -0.2) is 0 Å². The first-order chi connectivity index (χ1) is 14.9. The van der Waals surface area contributed by atoms with Crippen molar-refractivity contribution in [2.24, 2.45) is 5.41 Å². The van der Waals surface area contributed by atoms with E-state index in [1.165, 1.54) is 11.1 Å². The first-order valence-electron chi connectivity index (χ1n) is 9.90. The van der Waals surface area contributed by atoms with Gasteiger partial charge in [0, 0.05) is 39.9 Å². The van der Waals surface area contributed by atoms with E-state index in [1.54, 1.807) is 11.3 Å². The average molecular weight is 451 g/mol. The highest BCUT2D eigenvalue weighted by atomic mass is 32.2. The molecule has 0 radical (unpaired) electrons. The van der Waals surface area contributed by atoms with Gasteiger partial charge in [0.2, 0.25) is 5.88 Å². The van der Waals surface area contributed by atoms with Gasteiger partial charge in [-0.2, -0.15) is 20.8 Å². The van der Waals surface area contributed by atoms with Crippen LogP contribution in [0.5, 0.6) is 5.88 Å². The maximum Gasteiger partial charge on any atom is 0.347 e. The van der Waals surface area contributed by atoms with Crippen molar-refractivity contribution >= 4 is 28.3 Å². The van der Waals surface area contributed by atoms with Crippen LogP contribution in [0.15, 0.2) is 10.5 Å². The normalized spacial score (nSPS) is 20.2. The fourth-order valence-corrected chi connectivity index (χ4v) is 6.01. The lowest BCUT2D eigenvalue weighted by Crippen LogP contribution is -2.59. The van der Waals surface area contributed by atoms with Gasteiger partial charge in [0.15, 0.2) is 11.4 Å². The summed E-state index contributed by atoms with van der Waals surface area (Å²) >= 11 is 0.184. The van der Waals surface area contributed by atoms with Crippen molar-refractivity contribution in [1.29, 1.82) is 15.8 Å². The standard InChI is InChI=1S/C21H18N6O2S2/c1-31(28)19-25-17(14(7-23)18(26-19)29-12-20(9-24)4-5-20)27-10-21(11-27)3-2-15-16(21)13(6-22)8-30-15/h8H,2-5,10-12H2,1H3. The zero-order valence-electron chi connectivity index (χ0n) is 16.8. The third kappa shape index (κ3) is 3.13. The molecule has 156 valence electrons. The molecule has 2 fully saturated rings. The summed E-state index contributed by atoms with van der Waals surface area (Å²) in [6, 6.07) is 6.72. The maximum absolute atomic E-state index is 12.2. The monoisotopic (exact) mass is 450 g/mol. The summed E-state index contributed by atoms with van der Waals surface area (Å²) in [6.07, 6.45) is 4.93. The lowest BCUT2D eigenvalue weighted by molar-refractivity contribution is 0.255. The molecule has 2 aliphatic carbocycles. The molecule has 0 N–H and O–H groups in total. The van der Waals surface area contributed by atoms with Crippen LogP contribution in [-0.2, 0) is 23.0 Å². The Morgan fingerprint density at radius 3 is 2.61 bits per heavy atom. The number of nitriles is 3. The topological polar surface area (TPSA) is 133 Å². The van der Waals surface area contributed by atoms with Crippen LogP contribution in [0.2, 0.25) is 0 Å². The second-order valence-corrected chi connectivity index (χ2v) is 10.7. The molecule has 1 aliphatic heterocycles. The van der Waals surface area contributed by atoms with Crippen LogP contribution in [0.3, 0.4) is 0 Å². The van der Waals surface area contributed by atoms with Gasteiger partial charge in [-0.15, -0.1) is 16.3 Å². The summed E-state index contributed by atoms with van der Waals surface area (Å²) in [4.78, 5) is 11.9. The zero-order chi connectivity index (χ0) is 21.8. The van der Waals surface area contributed by atoms with E-state index >= 15 is 0 Å². The molecule has 8 nitrogen and oxygen atoms in total. The minimum absolute atomic E-state index is 0.0838. The van der Waals surface area contributed by atoms with E-state index in [-0.39, 0.29) is 28.6 Å². The highest BCUT2D eigenvalue weighted by Crippen LogP contribution is 2.51.